The molecule has 1 aromatic carbocycles. The average molecular weight is 341 g/mol. The summed E-state index contributed by atoms with van der Waals surface area (Å²) in [6, 6.07) is 6.81. The van der Waals surface area contributed by atoms with Crippen LogP contribution in [0.5, 0.6) is 0 Å². The number of hydrogen-bond donors (Lipinski definition) is 0. The van der Waals surface area contributed by atoms with Crippen LogP contribution in [0.3, 0.4) is 0 Å². The average Bonchev–Trinajstić information content (AvgIpc) is 3.27. The Labute approximate surface area is 148 Å². The molecule has 0 bridgehead atoms. The first-order chi connectivity index (χ1) is 12.0. The summed E-state index contributed by atoms with van der Waals surface area (Å²) in [4.78, 5) is 14.7. The van der Waals surface area contributed by atoms with Crippen LogP contribution in [-0.2, 0) is 11.2 Å². The van der Waals surface area contributed by atoms with Gasteiger partial charge < -0.3 is 4.90 Å². The second-order valence-electron chi connectivity index (χ2n) is 7.30. The van der Waals surface area contributed by atoms with Gasteiger partial charge in [-0.3, -0.25) is 4.79 Å². The lowest BCUT2D eigenvalue weighted by Gasteiger charge is -2.36. The quantitative estimate of drug-likeness (QED) is 0.689. The van der Waals surface area contributed by atoms with Gasteiger partial charge in [-0.1, -0.05) is 18.2 Å². The van der Waals surface area contributed by atoms with E-state index in [1.165, 1.54) is 6.07 Å². The standard InChI is InChI=1S/C20H24FN3O/c1-3-4-12-20(22-23-20)13-10-18(25)24-14-7-11-19(24,2)15-16-8-5-6-9-17(16)21/h1,5-6,8-9H,4,7,10-15H2,2H3. The van der Waals surface area contributed by atoms with Crippen molar-refractivity contribution in [3.63, 3.8) is 0 Å². The molecule has 0 radical (unpaired) electrons. The zero-order chi connectivity index (χ0) is 17.9. The first kappa shape index (κ1) is 17.6. The highest BCUT2D eigenvalue weighted by atomic mass is 19.1. The molecule has 2 aliphatic rings. The minimum Gasteiger partial charge on any atom is -0.337 e. The molecule has 0 N–H and O–H groups in total. The van der Waals surface area contributed by atoms with Crippen LogP contribution in [0.1, 0.15) is 51.0 Å². The van der Waals surface area contributed by atoms with Crippen LogP contribution in [0.2, 0.25) is 0 Å². The zero-order valence-corrected chi connectivity index (χ0v) is 14.7. The van der Waals surface area contributed by atoms with Crippen molar-refractivity contribution in [3.8, 4) is 12.3 Å². The highest BCUT2D eigenvalue weighted by Gasteiger charge is 2.43. The lowest BCUT2D eigenvalue weighted by Crippen LogP contribution is -2.47. The molecule has 3 rings (SSSR count). The van der Waals surface area contributed by atoms with Gasteiger partial charge in [0.05, 0.1) is 0 Å². The molecule has 1 amide bonds. The van der Waals surface area contributed by atoms with Gasteiger partial charge in [-0.2, -0.15) is 10.2 Å². The zero-order valence-electron chi connectivity index (χ0n) is 14.7. The molecule has 25 heavy (non-hydrogen) atoms. The molecule has 0 spiro atoms. The van der Waals surface area contributed by atoms with Gasteiger partial charge in [0, 0.05) is 37.8 Å². The van der Waals surface area contributed by atoms with Gasteiger partial charge in [0.25, 0.3) is 0 Å². The third-order valence-electron chi connectivity index (χ3n) is 5.37. The number of amides is 1. The van der Waals surface area contributed by atoms with E-state index in [2.05, 4.69) is 23.1 Å². The van der Waals surface area contributed by atoms with E-state index in [9.17, 15) is 9.18 Å². The Morgan fingerprint density at radius 2 is 2.12 bits per heavy atom. The number of terminal acetylenes is 1. The highest BCUT2D eigenvalue weighted by Crippen LogP contribution is 2.39. The van der Waals surface area contributed by atoms with E-state index in [4.69, 9.17) is 6.42 Å². The molecule has 1 fully saturated rings. The SMILES string of the molecule is C#CCCC1(CCC(=O)N2CCCC2(C)Cc2ccccc2F)N=N1. The van der Waals surface area contributed by atoms with Crippen LogP contribution in [0.4, 0.5) is 4.39 Å². The number of carbonyl (C=O) groups is 1. The van der Waals surface area contributed by atoms with Gasteiger partial charge in [-0.05, 0) is 37.8 Å². The molecular formula is C20H24FN3O. The molecule has 1 atom stereocenters. The minimum atomic E-state index is -0.427. The van der Waals surface area contributed by atoms with E-state index in [1.54, 1.807) is 12.1 Å². The fourth-order valence-electron chi connectivity index (χ4n) is 3.79. The third-order valence-corrected chi connectivity index (χ3v) is 5.37. The Hall–Kier alpha value is -2.22. The molecular weight excluding hydrogens is 317 g/mol. The molecule has 2 heterocycles. The summed E-state index contributed by atoms with van der Waals surface area (Å²) < 4.78 is 14.0. The van der Waals surface area contributed by atoms with E-state index in [0.29, 0.717) is 37.7 Å². The van der Waals surface area contributed by atoms with Crippen LogP contribution < -0.4 is 0 Å². The Bertz CT molecular complexity index is 718. The van der Waals surface area contributed by atoms with Crippen molar-refractivity contribution in [2.45, 2.75) is 63.1 Å². The normalized spacial score (nSPS) is 23.5. The number of hydrogen-bond acceptors (Lipinski definition) is 3. The molecule has 1 unspecified atom stereocenters. The number of carbonyl (C=O) groups excluding carboxylic acids is 1. The number of likely N-dealkylation sites (tertiary alicyclic amines) is 1. The molecule has 2 aliphatic heterocycles. The molecule has 0 aromatic heterocycles. The van der Waals surface area contributed by atoms with Crippen LogP contribution in [0.25, 0.3) is 0 Å². The first-order valence-corrected chi connectivity index (χ1v) is 8.89. The minimum absolute atomic E-state index is 0.105. The van der Waals surface area contributed by atoms with Crippen molar-refractivity contribution < 1.29 is 9.18 Å². The molecule has 5 heteroatoms. The molecule has 1 aromatic rings. The van der Waals surface area contributed by atoms with Crippen LogP contribution >= 0.6 is 0 Å². The highest BCUT2D eigenvalue weighted by molar-refractivity contribution is 5.77. The maximum Gasteiger partial charge on any atom is 0.223 e. The summed E-state index contributed by atoms with van der Waals surface area (Å²) in [6.07, 6.45) is 10.0. The number of halogens is 1. The topological polar surface area (TPSA) is 45.0 Å². The van der Waals surface area contributed by atoms with Crippen molar-refractivity contribution in [1.82, 2.24) is 4.90 Å². The predicted molar refractivity (Wildman–Crippen MR) is 94.3 cm³/mol. The Kier molecular flexibility index (Phi) is 4.89. The summed E-state index contributed by atoms with van der Waals surface area (Å²) in [5.74, 6) is 2.50. The fourth-order valence-corrected chi connectivity index (χ4v) is 3.79. The molecule has 0 aliphatic carbocycles. The monoisotopic (exact) mass is 341 g/mol. The van der Waals surface area contributed by atoms with Gasteiger partial charge in [-0.15, -0.1) is 12.3 Å². The van der Waals surface area contributed by atoms with Gasteiger partial charge in [0.15, 0.2) is 5.66 Å². The third kappa shape index (κ3) is 3.89. The van der Waals surface area contributed by atoms with E-state index in [-0.39, 0.29) is 17.3 Å². The van der Waals surface area contributed by atoms with Gasteiger partial charge in [0.1, 0.15) is 5.82 Å². The second kappa shape index (κ2) is 6.95. The summed E-state index contributed by atoms with van der Waals surface area (Å²) in [5, 5.41) is 8.19. The van der Waals surface area contributed by atoms with Crippen LogP contribution in [-0.4, -0.2) is 28.6 Å². The Balaban J connectivity index is 1.62. The van der Waals surface area contributed by atoms with Crippen molar-refractivity contribution in [2.75, 3.05) is 6.54 Å². The van der Waals surface area contributed by atoms with Gasteiger partial charge in [-0.25, -0.2) is 4.39 Å². The summed E-state index contributed by atoms with van der Waals surface area (Å²) in [7, 11) is 0. The van der Waals surface area contributed by atoms with E-state index in [1.807, 2.05) is 11.0 Å². The van der Waals surface area contributed by atoms with Crippen molar-refractivity contribution in [1.29, 1.82) is 0 Å². The first-order valence-electron chi connectivity index (χ1n) is 8.89. The maximum absolute atomic E-state index is 14.0. The Morgan fingerprint density at radius 3 is 2.80 bits per heavy atom. The Morgan fingerprint density at radius 1 is 1.36 bits per heavy atom. The number of rotatable bonds is 7. The lowest BCUT2D eigenvalue weighted by molar-refractivity contribution is -0.135. The van der Waals surface area contributed by atoms with Crippen molar-refractivity contribution in [2.24, 2.45) is 10.2 Å². The molecule has 1 saturated heterocycles. The molecule has 0 saturated carbocycles. The van der Waals surface area contributed by atoms with E-state index in [0.717, 1.165) is 19.4 Å². The number of benzene rings is 1. The van der Waals surface area contributed by atoms with E-state index >= 15 is 0 Å². The molecule has 4 nitrogen and oxygen atoms in total. The van der Waals surface area contributed by atoms with E-state index < -0.39 is 5.66 Å². The summed E-state index contributed by atoms with van der Waals surface area (Å²) >= 11 is 0. The fraction of sp³-hybridized carbons (Fsp3) is 0.550. The second-order valence-corrected chi connectivity index (χ2v) is 7.30. The predicted octanol–water partition coefficient (Wildman–Crippen LogP) is 4.11. The summed E-state index contributed by atoms with van der Waals surface area (Å²) in [6.45, 7) is 2.79. The van der Waals surface area contributed by atoms with Gasteiger partial charge >= 0.3 is 0 Å². The van der Waals surface area contributed by atoms with Gasteiger partial charge in [0.2, 0.25) is 5.91 Å². The maximum atomic E-state index is 14.0. The molecule has 132 valence electrons. The van der Waals surface area contributed by atoms with Crippen LogP contribution in [0, 0.1) is 18.2 Å². The lowest BCUT2D eigenvalue weighted by atomic mass is 9.89. The number of nitrogens with zero attached hydrogens (tertiary/aromatic N) is 3. The largest absolute Gasteiger partial charge is 0.337 e. The summed E-state index contributed by atoms with van der Waals surface area (Å²) in [5.41, 5.74) is -0.0883. The van der Waals surface area contributed by atoms with Crippen LogP contribution in [0.15, 0.2) is 34.5 Å². The smallest absolute Gasteiger partial charge is 0.223 e. The van der Waals surface area contributed by atoms with Crippen molar-refractivity contribution in [3.05, 3.63) is 35.6 Å². The van der Waals surface area contributed by atoms with Crippen molar-refractivity contribution >= 4 is 5.91 Å².